The third kappa shape index (κ3) is 2.78. The maximum absolute atomic E-state index is 10.6. The molecule has 0 saturated carbocycles. The van der Waals surface area contributed by atoms with Crippen LogP contribution >= 0.6 is 0 Å². The Morgan fingerprint density at radius 2 is 1.92 bits per heavy atom. The van der Waals surface area contributed by atoms with Gasteiger partial charge in [-0.3, -0.25) is 4.79 Å². The van der Waals surface area contributed by atoms with Crippen LogP contribution in [0.1, 0.15) is 12.5 Å². The van der Waals surface area contributed by atoms with Gasteiger partial charge in [0.1, 0.15) is 0 Å². The first-order valence-electron chi connectivity index (χ1n) is 3.98. The third-order valence-electron chi connectivity index (χ3n) is 1.66. The molecule has 1 aromatic carbocycles. The lowest BCUT2D eigenvalue weighted by Crippen LogP contribution is -2.33. The summed E-state index contributed by atoms with van der Waals surface area (Å²) >= 11 is 0. The second kappa shape index (κ2) is 3.95. The van der Waals surface area contributed by atoms with Crippen LogP contribution in [0.5, 0.6) is 0 Å². The molecule has 0 atom stereocenters. The van der Waals surface area contributed by atoms with E-state index in [0.717, 1.165) is 5.46 Å². The highest BCUT2D eigenvalue weighted by atomic mass is 16.1. The molecule has 0 unspecified atom stereocenters. The number of benzene rings is 1. The van der Waals surface area contributed by atoms with Crippen LogP contribution in [0.15, 0.2) is 24.3 Å². The summed E-state index contributed by atoms with van der Waals surface area (Å²) in [6.07, 6.45) is 0. The van der Waals surface area contributed by atoms with E-state index in [1.165, 1.54) is 12.5 Å². The molecule has 0 bridgehead atoms. The molecular weight excluding hydrogens is 149 g/mol. The molecule has 0 spiro atoms. The maximum Gasteiger partial charge on any atom is 0.269 e. The van der Waals surface area contributed by atoms with Crippen molar-refractivity contribution >= 4 is 18.8 Å². The zero-order valence-corrected chi connectivity index (χ0v) is 7.42. The van der Waals surface area contributed by atoms with Gasteiger partial charge in [0.15, 0.2) is 0 Å². The van der Waals surface area contributed by atoms with Gasteiger partial charge in [-0.15, -0.1) is 0 Å². The lowest BCUT2D eigenvalue weighted by molar-refractivity contribution is -0.117. The monoisotopic (exact) mass is 161 g/mol. The van der Waals surface area contributed by atoms with Gasteiger partial charge in [0.05, 0.1) is 0 Å². The summed E-state index contributed by atoms with van der Waals surface area (Å²) < 4.78 is 0. The van der Waals surface area contributed by atoms with E-state index < -0.39 is 0 Å². The summed E-state index contributed by atoms with van der Waals surface area (Å²) in [4.78, 5) is 10.6. The predicted molar refractivity (Wildman–Crippen MR) is 51.8 cm³/mol. The number of carbonyl (C=O) groups is 1. The minimum absolute atomic E-state index is 0.00979. The van der Waals surface area contributed by atoms with Crippen LogP contribution in [-0.2, 0) is 4.79 Å². The minimum atomic E-state index is 0.00979. The number of hydrogen-bond donors (Lipinski definition) is 1. The fourth-order valence-electron chi connectivity index (χ4n) is 0.932. The normalized spacial score (nSPS) is 9.17. The molecule has 1 rings (SSSR count). The Hall–Kier alpha value is -1.25. The van der Waals surface area contributed by atoms with Crippen molar-refractivity contribution in [1.29, 1.82) is 0 Å². The quantitative estimate of drug-likeness (QED) is 0.612. The van der Waals surface area contributed by atoms with Crippen molar-refractivity contribution in [2.75, 3.05) is 0 Å². The highest BCUT2D eigenvalue weighted by Gasteiger charge is 1.96. The SMILES string of the molecule is CC(=O)NBc1ccc(C)cc1. The molecule has 0 aromatic heterocycles. The average Bonchev–Trinajstić information content (AvgIpc) is 2.03. The molecule has 1 N–H and O–H groups in total. The van der Waals surface area contributed by atoms with E-state index in [4.69, 9.17) is 0 Å². The van der Waals surface area contributed by atoms with E-state index >= 15 is 0 Å². The molecule has 12 heavy (non-hydrogen) atoms. The highest BCUT2D eigenvalue weighted by molar-refractivity contribution is 6.53. The van der Waals surface area contributed by atoms with Gasteiger partial charge < -0.3 is 5.23 Å². The summed E-state index contributed by atoms with van der Waals surface area (Å²) in [5.74, 6) is 0.00979. The van der Waals surface area contributed by atoms with E-state index in [1.54, 1.807) is 0 Å². The fourth-order valence-corrected chi connectivity index (χ4v) is 0.932. The predicted octanol–water partition coefficient (Wildman–Crippen LogP) is 0.108. The molecular formula is C9H12BNO. The topological polar surface area (TPSA) is 29.1 Å². The van der Waals surface area contributed by atoms with E-state index in [-0.39, 0.29) is 5.91 Å². The van der Waals surface area contributed by atoms with Crippen molar-refractivity contribution in [2.24, 2.45) is 0 Å². The number of aryl methyl sites for hydroxylation is 1. The van der Waals surface area contributed by atoms with Crippen LogP contribution in [0.25, 0.3) is 0 Å². The van der Waals surface area contributed by atoms with E-state index in [9.17, 15) is 4.79 Å². The number of hydrogen-bond acceptors (Lipinski definition) is 1. The van der Waals surface area contributed by atoms with Crippen molar-refractivity contribution in [3.63, 3.8) is 0 Å². The molecule has 0 radical (unpaired) electrons. The van der Waals surface area contributed by atoms with Crippen LogP contribution in [0.3, 0.4) is 0 Å². The van der Waals surface area contributed by atoms with Crippen molar-refractivity contribution in [1.82, 2.24) is 5.23 Å². The Kier molecular flexibility index (Phi) is 2.91. The lowest BCUT2D eigenvalue weighted by atomic mass is 9.82. The van der Waals surface area contributed by atoms with Crippen molar-refractivity contribution < 1.29 is 4.79 Å². The van der Waals surface area contributed by atoms with Gasteiger partial charge >= 0.3 is 0 Å². The number of amides is 1. The van der Waals surface area contributed by atoms with Crippen LogP contribution < -0.4 is 10.7 Å². The first-order chi connectivity index (χ1) is 5.68. The molecule has 0 heterocycles. The molecule has 1 aromatic rings. The van der Waals surface area contributed by atoms with Crippen LogP contribution in [-0.4, -0.2) is 13.3 Å². The van der Waals surface area contributed by atoms with Gasteiger partial charge in [0.25, 0.3) is 7.41 Å². The molecule has 0 fully saturated rings. The number of rotatable bonds is 2. The van der Waals surface area contributed by atoms with E-state index in [1.807, 2.05) is 31.2 Å². The molecule has 0 aliphatic rings. The average molecular weight is 161 g/mol. The van der Waals surface area contributed by atoms with Crippen LogP contribution in [0.2, 0.25) is 0 Å². The number of nitrogens with one attached hydrogen (secondary N) is 1. The van der Waals surface area contributed by atoms with E-state index in [2.05, 4.69) is 5.23 Å². The first kappa shape index (κ1) is 8.85. The Labute approximate surface area is 73.2 Å². The van der Waals surface area contributed by atoms with Crippen molar-refractivity contribution in [3.8, 4) is 0 Å². The molecule has 62 valence electrons. The Morgan fingerprint density at radius 3 is 2.42 bits per heavy atom. The summed E-state index contributed by atoms with van der Waals surface area (Å²) in [7, 11) is 0.621. The molecule has 0 saturated heterocycles. The molecule has 3 heteroatoms. The summed E-state index contributed by atoms with van der Waals surface area (Å²) in [6, 6.07) is 8.12. The van der Waals surface area contributed by atoms with E-state index in [0.29, 0.717) is 7.41 Å². The second-order valence-electron chi connectivity index (χ2n) is 2.90. The Bertz CT molecular complexity index is 268. The fraction of sp³-hybridized carbons (Fsp3) is 0.222. The smallest absolute Gasteiger partial charge is 0.269 e. The molecule has 0 aliphatic heterocycles. The summed E-state index contributed by atoms with van der Waals surface area (Å²) in [5, 5.41) is 2.74. The third-order valence-corrected chi connectivity index (χ3v) is 1.66. The van der Waals surface area contributed by atoms with Gasteiger partial charge in [0.2, 0.25) is 5.91 Å². The second-order valence-corrected chi connectivity index (χ2v) is 2.90. The largest absolute Gasteiger partial charge is 0.398 e. The van der Waals surface area contributed by atoms with Crippen molar-refractivity contribution in [3.05, 3.63) is 29.8 Å². The van der Waals surface area contributed by atoms with Crippen molar-refractivity contribution in [2.45, 2.75) is 13.8 Å². The highest BCUT2D eigenvalue weighted by Crippen LogP contribution is 1.91. The molecule has 1 amide bonds. The molecule has 2 nitrogen and oxygen atoms in total. The maximum atomic E-state index is 10.6. The first-order valence-corrected chi connectivity index (χ1v) is 3.98. The number of carbonyl (C=O) groups excluding carboxylic acids is 1. The van der Waals surface area contributed by atoms with Gasteiger partial charge in [-0.2, -0.15) is 0 Å². The van der Waals surface area contributed by atoms with Gasteiger partial charge in [-0.25, -0.2) is 0 Å². The van der Waals surface area contributed by atoms with Gasteiger partial charge in [-0.1, -0.05) is 35.3 Å². The zero-order valence-electron chi connectivity index (χ0n) is 7.42. The van der Waals surface area contributed by atoms with Gasteiger partial charge in [0, 0.05) is 6.92 Å². The lowest BCUT2D eigenvalue weighted by Gasteiger charge is -1.99. The standard InChI is InChI=1S/C9H12BNO/c1-7-3-5-9(6-4-7)10-11-8(2)12/h3-6,10H,1-2H3,(H,11,12). The van der Waals surface area contributed by atoms with Crippen LogP contribution in [0.4, 0.5) is 0 Å². The van der Waals surface area contributed by atoms with Crippen LogP contribution in [0, 0.1) is 6.92 Å². The summed E-state index contributed by atoms with van der Waals surface area (Å²) in [6.45, 7) is 3.57. The zero-order chi connectivity index (χ0) is 8.97. The minimum Gasteiger partial charge on any atom is -0.398 e. The summed E-state index contributed by atoms with van der Waals surface area (Å²) in [5.41, 5.74) is 2.37. The van der Waals surface area contributed by atoms with Gasteiger partial charge in [-0.05, 0) is 6.92 Å². The Balaban J connectivity index is 2.53. The Morgan fingerprint density at radius 1 is 1.33 bits per heavy atom. The molecule has 0 aliphatic carbocycles.